The van der Waals surface area contributed by atoms with Crippen LogP contribution in [0, 0.1) is 0 Å². The van der Waals surface area contributed by atoms with Crippen LogP contribution in [0.15, 0.2) is 15.5 Å². The molecule has 0 atom stereocenters. The summed E-state index contributed by atoms with van der Waals surface area (Å²) in [7, 11) is 0. The number of aliphatic imine (C=N–C) groups is 1. The van der Waals surface area contributed by atoms with Crippen LogP contribution >= 0.6 is 0 Å². The van der Waals surface area contributed by atoms with Crippen LogP contribution in [-0.2, 0) is 0 Å². The standard InChI is InChI=1S/C13H12N2O2/c1-7-6-14-11-12(17-7)8(2)9(3)15(13(11)16)10-4-5-10/h10H,2-5H2,1H3. The van der Waals surface area contributed by atoms with Crippen molar-refractivity contribution in [1.82, 2.24) is 4.57 Å². The molecule has 17 heavy (non-hydrogen) atoms. The second-order valence-electron chi connectivity index (χ2n) is 4.39. The summed E-state index contributed by atoms with van der Waals surface area (Å²) in [6.07, 6.45) is 2.03. The largest absolute Gasteiger partial charge is 0.449 e. The zero-order valence-corrected chi connectivity index (χ0v) is 9.62. The predicted octanol–water partition coefficient (Wildman–Crippen LogP) is 0.601. The molecule has 0 saturated heterocycles. The van der Waals surface area contributed by atoms with E-state index >= 15 is 0 Å². The SMILES string of the molecule is C=c1c2c(c(=O)n(C3CC3)c1=C)N=C=C(C)O2. The Balaban J connectivity index is 2.43. The molecule has 0 amide bonds. The first kappa shape index (κ1) is 10.1. The average molecular weight is 228 g/mol. The number of fused-ring (bicyclic) bond motifs is 1. The molecule has 1 aromatic rings. The Labute approximate surface area is 97.9 Å². The van der Waals surface area contributed by atoms with Crippen molar-refractivity contribution in [3.8, 4) is 5.75 Å². The molecule has 0 radical (unpaired) electrons. The van der Waals surface area contributed by atoms with Gasteiger partial charge in [-0.3, -0.25) is 4.79 Å². The summed E-state index contributed by atoms with van der Waals surface area (Å²) in [5, 5.41) is 1.26. The van der Waals surface area contributed by atoms with Crippen molar-refractivity contribution in [2.75, 3.05) is 0 Å². The Morgan fingerprint density at radius 1 is 1.47 bits per heavy atom. The van der Waals surface area contributed by atoms with Gasteiger partial charge in [-0.05, 0) is 12.8 Å². The van der Waals surface area contributed by atoms with E-state index in [0.29, 0.717) is 27.8 Å². The van der Waals surface area contributed by atoms with Gasteiger partial charge >= 0.3 is 0 Å². The van der Waals surface area contributed by atoms with Crippen molar-refractivity contribution in [3.63, 3.8) is 0 Å². The number of rotatable bonds is 1. The maximum absolute atomic E-state index is 12.2. The maximum Gasteiger partial charge on any atom is 0.281 e. The molecule has 0 aromatic carbocycles. The molecule has 0 N–H and O–H groups in total. The van der Waals surface area contributed by atoms with Gasteiger partial charge in [0.2, 0.25) is 0 Å². The van der Waals surface area contributed by atoms with Gasteiger partial charge in [0.05, 0.1) is 0 Å². The van der Waals surface area contributed by atoms with Crippen LogP contribution in [0.5, 0.6) is 5.75 Å². The van der Waals surface area contributed by atoms with E-state index in [9.17, 15) is 4.79 Å². The van der Waals surface area contributed by atoms with Gasteiger partial charge in [-0.1, -0.05) is 13.2 Å². The van der Waals surface area contributed by atoms with Crippen molar-refractivity contribution in [1.29, 1.82) is 0 Å². The number of allylic oxidation sites excluding steroid dienone is 1. The normalized spacial score (nSPS) is 17.4. The van der Waals surface area contributed by atoms with E-state index in [2.05, 4.69) is 24.0 Å². The highest BCUT2D eigenvalue weighted by Gasteiger charge is 2.28. The Bertz CT molecular complexity index is 732. The van der Waals surface area contributed by atoms with Crippen LogP contribution in [0.2, 0.25) is 0 Å². The van der Waals surface area contributed by atoms with Crippen molar-refractivity contribution < 1.29 is 4.74 Å². The third-order valence-corrected chi connectivity index (χ3v) is 3.04. The Morgan fingerprint density at radius 2 is 2.18 bits per heavy atom. The molecule has 1 fully saturated rings. The Kier molecular flexibility index (Phi) is 1.91. The summed E-state index contributed by atoms with van der Waals surface area (Å²) in [6.45, 7) is 9.59. The lowest BCUT2D eigenvalue weighted by Gasteiger charge is -2.14. The highest BCUT2D eigenvalue weighted by Crippen LogP contribution is 2.33. The van der Waals surface area contributed by atoms with Gasteiger partial charge in [-0.15, -0.1) is 0 Å². The first-order chi connectivity index (χ1) is 8.09. The monoisotopic (exact) mass is 228 g/mol. The van der Waals surface area contributed by atoms with E-state index in [-0.39, 0.29) is 11.6 Å². The van der Waals surface area contributed by atoms with Gasteiger partial charge in [0.1, 0.15) is 0 Å². The quantitative estimate of drug-likeness (QED) is 0.706. The van der Waals surface area contributed by atoms with Crippen molar-refractivity contribution in [2.24, 2.45) is 4.99 Å². The summed E-state index contributed by atoms with van der Waals surface area (Å²) >= 11 is 0. The summed E-state index contributed by atoms with van der Waals surface area (Å²) in [5.74, 6) is 3.63. The fourth-order valence-electron chi connectivity index (χ4n) is 1.99. The van der Waals surface area contributed by atoms with E-state index in [1.54, 1.807) is 11.5 Å². The second-order valence-corrected chi connectivity index (χ2v) is 4.39. The van der Waals surface area contributed by atoms with Crippen LogP contribution in [-0.4, -0.2) is 10.4 Å². The van der Waals surface area contributed by atoms with Gasteiger partial charge in [0, 0.05) is 29.4 Å². The molecule has 1 aliphatic carbocycles. The Morgan fingerprint density at radius 3 is 2.82 bits per heavy atom. The number of aromatic nitrogens is 1. The molecule has 3 rings (SSSR count). The van der Waals surface area contributed by atoms with Crippen molar-refractivity contribution in [2.45, 2.75) is 25.8 Å². The molecule has 0 spiro atoms. The van der Waals surface area contributed by atoms with Crippen LogP contribution in [0.4, 0.5) is 5.69 Å². The van der Waals surface area contributed by atoms with Crippen molar-refractivity contribution >= 4 is 24.7 Å². The first-order valence-electron chi connectivity index (χ1n) is 5.54. The molecule has 0 unspecified atom stereocenters. The molecule has 4 heteroatoms. The molecule has 1 aliphatic heterocycles. The maximum atomic E-state index is 12.2. The highest BCUT2D eigenvalue weighted by molar-refractivity contribution is 5.68. The minimum absolute atomic E-state index is 0.153. The summed E-state index contributed by atoms with van der Waals surface area (Å²) in [5.41, 5.74) is 0.139. The summed E-state index contributed by atoms with van der Waals surface area (Å²) in [4.78, 5) is 16.3. The predicted molar refractivity (Wildman–Crippen MR) is 66.2 cm³/mol. The topological polar surface area (TPSA) is 43.6 Å². The lowest BCUT2D eigenvalue weighted by atomic mass is 10.2. The van der Waals surface area contributed by atoms with Crippen LogP contribution in [0.3, 0.4) is 0 Å². The van der Waals surface area contributed by atoms with Crippen LogP contribution in [0.1, 0.15) is 25.8 Å². The molecule has 4 nitrogen and oxygen atoms in total. The first-order valence-corrected chi connectivity index (χ1v) is 5.54. The minimum Gasteiger partial charge on any atom is -0.449 e. The summed E-state index contributed by atoms with van der Waals surface area (Å²) in [6, 6.07) is 0.253. The molecular formula is C13H12N2O2. The van der Waals surface area contributed by atoms with Crippen molar-refractivity contribution in [3.05, 3.63) is 26.7 Å². The van der Waals surface area contributed by atoms with E-state index in [0.717, 1.165) is 12.8 Å². The lowest BCUT2D eigenvalue weighted by molar-refractivity contribution is 0.426. The molecule has 2 heterocycles. The number of ether oxygens (including phenoxy) is 1. The minimum atomic E-state index is -0.153. The third kappa shape index (κ3) is 1.38. The second kappa shape index (κ2) is 3.22. The van der Waals surface area contributed by atoms with Gasteiger partial charge in [0.15, 0.2) is 17.2 Å². The fourth-order valence-corrected chi connectivity index (χ4v) is 1.99. The lowest BCUT2D eigenvalue weighted by Crippen LogP contribution is -2.42. The molecule has 2 aliphatic rings. The average Bonchev–Trinajstić information content (AvgIpc) is 3.10. The van der Waals surface area contributed by atoms with E-state index in [4.69, 9.17) is 4.74 Å². The number of hydrogen-bond donors (Lipinski definition) is 0. The van der Waals surface area contributed by atoms with E-state index in [1.165, 1.54) is 0 Å². The van der Waals surface area contributed by atoms with Gasteiger partial charge in [-0.25, -0.2) is 0 Å². The van der Waals surface area contributed by atoms with Gasteiger partial charge in [0.25, 0.3) is 5.56 Å². The molecule has 1 aromatic heterocycles. The van der Waals surface area contributed by atoms with Crippen LogP contribution in [0.25, 0.3) is 13.2 Å². The van der Waals surface area contributed by atoms with Crippen LogP contribution < -0.4 is 20.9 Å². The highest BCUT2D eigenvalue weighted by atomic mass is 16.5. The zero-order chi connectivity index (χ0) is 12.2. The number of pyridine rings is 1. The third-order valence-electron chi connectivity index (χ3n) is 3.04. The smallest absolute Gasteiger partial charge is 0.281 e. The zero-order valence-electron chi connectivity index (χ0n) is 9.62. The summed E-state index contributed by atoms with van der Waals surface area (Å²) < 4.78 is 7.15. The molecule has 1 saturated carbocycles. The molecular weight excluding hydrogens is 216 g/mol. The molecule has 86 valence electrons. The number of nitrogens with zero attached hydrogens (tertiary/aromatic N) is 2. The fraction of sp³-hybridized carbons (Fsp3) is 0.308. The van der Waals surface area contributed by atoms with Gasteiger partial charge < -0.3 is 9.30 Å². The van der Waals surface area contributed by atoms with E-state index < -0.39 is 0 Å². The Hall–Kier alpha value is -2.06. The number of hydrogen-bond acceptors (Lipinski definition) is 3. The van der Waals surface area contributed by atoms with Gasteiger partial charge in [-0.2, -0.15) is 4.99 Å². The van der Waals surface area contributed by atoms with E-state index in [1.807, 2.05) is 0 Å². The molecule has 0 bridgehead atoms.